The number of hydrogen-bond acceptors (Lipinski definition) is 1. The van der Waals surface area contributed by atoms with E-state index in [-0.39, 0.29) is 12.4 Å². The molecule has 1 heterocycles. The van der Waals surface area contributed by atoms with Crippen LogP contribution in [0.25, 0.3) is 0 Å². The van der Waals surface area contributed by atoms with E-state index >= 15 is 0 Å². The molecule has 1 nitrogen and oxygen atoms in total. The molecule has 0 aliphatic carbocycles. The van der Waals surface area contributed by atoms with Crippen molar-refractivity contribution in [3.8, 4) is 0 Å². The number of likely N-dealkylation sites (tertiary alicyclic amines) is 1. The number of rotatable bonds is 2. The Morgan fingerprint density at radius 2 is 1.55 bits per heavy atom. The third kappa shape index (κ3) is 2.66. The number of halogens is 3. The molecule has 0 radical (unpaired) electrons. The Kier molecular flexibility index (Phi) is 5.88. The van der Waals surface area contributed by atoms with E-state index in [1.165, 1.54) is 12.8 Å². The molecule has 1 fully saturated rings. The lowest BCUT2D eigenvalue weighted by atomic mass is 10.2. The Bertz CT molecular complexity index is 97.9. The van der Waals surface area contributed by atoms with Crippen molar-refractivity contribution < 1.29 is 0 Å². The molecule has 4 heteroatoms. The molecule has 1 rings (SSSR count). The first-order valence-corrected chi connectivity index (χ1v) is 4.70. The Balaban J connectivity index is 0.000001000. The van der Waals surface area contributed by atoms with Gasteiger partial charge in [0.1, 0.15) is 0 Å². The van der Waals surface area contributed by atoms with Gasteiger partial charge in [-0.25, -0.2) is 0 Å². The van der Waals surface area contributed by atoms with Crippen molar-refractivity contribution in [3.63, 3.8) is 0 Å². The molecule has 0 N–H and O–H groups in total. The standard InChI is InChI=1S/C7H13Cl2N.ClH/c1-10-6(4-8)2-3-7(10)5-9;/h6-7H,2-5H2,1H3;1H. The van der Waals surface area contributed by atoms with Crippen LogP contribution in [0.4, 0.5) is 0 Å². The highest BCUT2D eigenvalue weighted by Gasteiger charge is 2.28. The lowest BCUT2D eigenvalue weighted by molar-refractivity contribution is 0.272. The van der Waals surface area contributed by atoms with Crippen molar-refractivity contribution in [1.29, 1.82) is 0 Å². The van der Waals surface area contributed by atoms with Gasteiger partial charge in [-0.3, -0.25) is 4.90 Å². The van der Waals surface area contributed by atoms with Crippen molar-refractivity contribution in [2.45, 2.75) is 24.9 Å². The lowest BCUT2D eigenvalue weighted by Gasteiger charge is -2.22. The Morgan fingerprint density at radius 3 is 1.73 bits per heavy atom. The van der Waals surface area contributed by atoms with E-state index in [4.69, 9.17) is 23.2 Å². The quantitative estimate of drug-likeness (QED) is 0.643. The maximum absolute atomic E-state index is 5.74. The van der Waals surface area contributed by atoms with E-state index in [0.717, 1.165) is 11.8 Å². The van der Waals surface area contributed by atoms with E-state index in [0.29, 0.717) is 12.1 Å². The molecule has 0 aromatic carbocycles. The molecule has 0 bridgehead atoms. The second-order valence-corrected chi connectivity index (χ2v) is 3.48. The van der Waals surface area contributed by atoms with E-state index in [1.807, 2.05) is 0 Å². The highest BCUT2D eigenvalue weighted by atomic mass is 35.5. The molecule has 2 unspecified atom stereocenters. The summed E-state index contributed by atoms with van der Waals surface area (Å²) in [7, 11) is 2.10. The van der Waals surface area contributed by atoms with Gasteiger partial charge in [0.05, 0.1) is 0 Å². The molecule has 0 spiro atoms. The summed E-state index contributed by atoms with van der Waals surface area (Å²) in [5.74, 6) is 1.48. The molecule has 0 saturated carbocycles. The van der Waals surface area contributed by atoms with Gasteiger partial charge in [0.25, 0.3) is 0 Å². The molecule has 0 aromatic heterocycles. The van der Waals surface area contributed by atoms with Crippen LogP contribution in [-0.4, -0.2) is 35.8 Å². The van der Waals surface area contributed by atoms with Gasteiger partial charge in [-0.15, -0.1) is 35.6 Å². The summed E-state index contributed by atoms with van der Waals surface area (Å²) in [5.41, 5.74) is 0. The zero-order chi connectivity index (χ0) is 7.56. The zero-order valence-electron chi connectivity index (χ0n) is 6.59. The Labute approximate surface area is 84.4 Å². The fraction of sp³-hybridized carbons (Fsp3) is 1.00. The summed E-state index contributed by atoms with van der Waals surface area (Å²) in [6.07, 6.45) is 2.41. The van der Waals surface area contributed by atoms with Crippen LogP contribution in [-0.2, 0) is 0 Å². The van der Waals surface area contributed by atoms with Gasteiger partial charge in [-0.05, 0) is 19.9 Å². The number of alkyl halides is 2. The zero-order valence-corrected chi connectivity index (χ0v) is 8.92. The minimum absolute atomic E-state index is 0. The van der Waals surface area contributed by atoms with Crippen LogP contribution in [0, 0.1) is 0 Å². The summed E-state index contributed by atoms with van der Waals surface area (Å²) >= 11 is 11.5. The van der Waals surface area contributed by atoms with Gasteiger partial charge < -0.3 is 0 Å². The van der Waals surface area contributed by atoms with Crippen molar-refractivity contribution >= 4 is 35.6 Å². The summed E-state index contributed by atoms with van der Waals surface area (Å²) < 4.78 is 0. The third-order valence-corrected chi connectivity index (χ3v) is 3.05. The fourth-order valence-corrected chi connectivity index (χ4v) is 2.21. The monoisotopic (exact) mass is 217 g/mol. The predicted octanol–water partition coefficient (Wildman–Crippen LogP) is 2.35. The van der Waals surface area contributed by atoms with Crippen LogP contribution < -0.4 is 0 Å². The minimum atomic E-state index is 0. The van der Waals surface area contributed by atoms with Crippen molar-refractivity contribution in [1.82, 2.24) is 4.90 Å². The topological polar surface area (TPSA) is 3.24 Å². The third-order valence-electron chi connectivity index (χ3n) is 2.34. The van der Waals surface area contributed by atoms with Crippen LogP contribution in [0.3, 0.4) is 0 Å². The average Bonchev–Trinajstić information content (AvgIpc) is 2.30. The van der Waals surface area contributed by atoms with Crippen molar-refractivity contribution in [2.75, 3.05) is 18.8 Å². The molecule has 1 aliphatic rings. The van der Waals surface area contributed by atoms with Crippen molar-refractivity contribution in [3.05, 3.63) is 0 Å². The lowest BCUT2D eigenvalue weighted by Crippen LogP contribution is -2.34. The smallest absolute Gasteiger partial charge is 0.0379 e. The average molecular weight is 219 g/mol. The summed E-state index contributed by atoms with van der Waals surface area (Å²) in [4.78, 5) is 2.29. The normalized spacial score (nSPS) is 31.9. The maximum Gasteiger partial charge on any atom is 0.0379 e. The first-order valence-electron chi connectivity index (χ1n) is 3.63. The molecule has 1 saturated heterocycles. The molecule has 0 amide bonds. The van der Waals surface area contributed by atoms with Gasteiger partial charge in [-0.1, -0.05) is 0 Å². The first-order chi connectivity index (χ1) is 4.79. The van der Waals surface area contributed by atoms with E-state index in [1.54, 1.807) is 0 Å². The molecule has 2 atom stereocenters. The van der Waals surface area contributed by atoms with Crippen LogP contribution in [0.2, 0.25) is 0 Å². The molecular weight excluding hydrogens is 204 g/mol. The number of nitrogens with zero attached hydrogens (tertiary/aromatic N) is 1. The molecule has 0 aromatic rings. The summed E-state index contributed by atoms with van der Waals surface area (Å²) in [6, 6.07) is 1.12. The molecule has 1 aliphatic heterocycles. The second kappa shape index (κ2) is 5.47. The van der Waals surface area contributed by atoms with Gasteiger partial charge in [0.15, 0.2) is 0 Å². The Hall–Kier alpha value is 0.830. The van der Waals surface area contributed by atoms with Gasteiger partial charge in [0.2, 0.25) is 0 Å². The Morgan fingerprint density at radius 1 is 1.18 bits per heavy atom. The largest absolute Gasteiger partial charge is 0.298 e. The van der Waals surface area contributed by atoms with Crippen LogP contribution in [0.5, 0.6) is 0 Å². The van der Waals surface area contributed by atoms with Gasteiger partial charge in [-0.2, -0.15) is 0 Å². The van der Waals surface area contributed by atoms with Gasteiger partial charge >= 0.3 is 0 Å². The van der Waals surface area contributed by atoms with Crippen LogP contribution >= 0.6 is 35.6 Å². The fourth-order valence-electron chi connectivity index (χ4n) is 1.46. The molecule has 68 valence electrons. The molecule has 11 heavy (non-hydrogen) atoms. The highest BCUT2D eigenvalue weighted by molar-refractivity contribution is 6.18. The second-order valence-electron chi connectivity index (χ2n) is 2.86. The predicted molar refractivity (Wildman–Crippen MR) is 53.3 cm³/mol. The van der Waals surface area contributed by atoms with Crippen LogP contribution in [0.15, 0.2) is 0 Å². The van der Waals surface area contributed by atoms with Crippen LogP contribution in [0.1, 0.15) is 12.8 Å². The van der Waals surface area contributed by atoms with Crippen molar-refractivity contribution in [2.24, 2.45) is 0 Å². The van der Waals surface area contributed by atoms with E-state index < -0.39 is 0 Å². The van der Waals surface area contributed by atoms with Gasteiger partial charge in [0, 0.05) is 23.8 Å². The van der Waals surface area contributed by atoms with E-state index in [2.05, 4.69) is 11.9 Å². The first kappa shape index (κ1) is 11.8. The highest BCUT2D eigenvalue weighted by Crippen LogP contribution is 2.23. The maximum atomic E-state index is 5.74. The minimum Gasteiger partial charge on any atom is -0.298 e. The SMILES string of the molecule is CN1C(CCl)CCC1CCl.Cl. The van der Waals surface area contributed by atoms with E-state index in [9.17, 15) is 0 Å². The molecular formula is C7H14Cl3N. The summed E-state index contributed by atoms with van der Waals surface area (Å²) in [6.45, 7) is 0. The number of hydrogen-bond donors (Lipinski definition) is 0. The summed E-state index contributed by atoms with van der Waals surface area (Å²) in [5, 5.41) is 0.